The van der Waals surface area contributed by atoms with Gasteiger partial charge in [0.15, 0.2) is 0 Å². The van der Waals surface area contributed by atoms with Gasteiger partial charge in [0.05, 0.1) is 0 Å². The molecule has 0 aromatic carbocycles. The van der Waals surface area contributed by atoms with Crippen LogP contribution in [0.25, 0.3) is 0 Å². The molecular formula is C11H21NO3. The predicted molar refractivity (Wildman–Crippen MR) is 58.6 cm³/mol. The molecule has 88 valence electrons. The predicted octanol–water partition coefficient (Wildman–Crippen LogP) is 1.89. The zero-order valence-electron chi connectivity index (χ0n) is 9.82. The third-order valence-electron chi connectivity index (χ3n) is 2.48. The Kier molecular flexibility index (Phi) is 6.75. The molecule has 0 radical (unpaired) electrons. The number of hydrogen-bond donors (Lipinski definition) is 1. The van der Waals surface area contributed by atoms with Gasteiger partial charge in [-0.05, 0) is 20.3 Å². The van der Waals surface area contributed by atoms with E-state index in [9.17, 15) is 9.59 Å². The van der Waals surface area contributed by atoms with E-state index in [1.54, 1.807) is 13.8 Å². The van der Waals surface area contributed by atoms with Crippen LogP contribution >= 0.6 is 0 Å². The summed E-state index contributed by atoms with van der Waals surface area (Å²) >= 11 is 0. The van der Waals surface area contributed by atoms with Crippen LogP contribution in [0.3, 0.4) is 0 Å². The molecule has 0 aliphatic rings. The highest BCUT2D eigenvalue weighted by atomic mass is 16.4. The van der Waals surface area contributed by atoms with Gasteiger partial charge in [-0.15, -0.1) is 0 Å². The summed E-state index contributed by atoms with van der Waals surface area (Å²) in [5.74, 6) is -0.999. The van der Waals surface area contributed by atoms with Crippen LogP contribution < -0.4 is 0 Å². The number of carbonyl (C=O) groups excluding carboxylic acids is 1. The van der Waals surface area contributed by atoms with Gasteiger partial charge >= 0.3 is 5.97 Å². The first kappa shape index (κ1) is 13.9. The van der Waals surface area contributed by atoms with Crippen molar-refractivity contribution in [3.8, 4) is 0 Å². The highest BCUT2D eigenvalue weighted by Gasteiger charge is 2.23. The molecule has 0 aromatic rings. The van der Waals surface area contributed by atoms with Crippen LogP contribution in [0, 0.1) is 0 Å². The molecule has 0 bridgehead atoms. The van der Waals surface area contributed by atoms with Crippen molar-refractivity contribution in [2.24, 2.45) is 0 Å². The second-order valence-corrected chi connectivity index (χ2v) is 3.65. The first-order valence-corrected chi connectivity index (χ1v) is 5.56. The molecule has 0 aromatic heterocycles. The van der Waals surface area contributed by atoms with Crippen LogP contribution in [-0.4, -0.2) is 34.5 Å². The van der Waals surface area contributed by atoms with Gasteiger partial charge in [-0.1, -0.05) is 19.8 Å². The number of hydrogen-bond acceptors (Lipinski definition) is 2. The van der Waals surface area contributed by atoms with Crippen molar-refractivity contribution >= 4 is 11.9 Å². The summed E-state index contributed by atoms with van der Waals surface area (Å²) < 4.78 is 0. The maximum absolute atomic E-state index is 11.7. The SMILES string of the molecule is CCCCCC(=O)N(CC)C(C)C(=O)O. The molecule has 15 heavy (non-hydrogen) atoms. The summed E-state index contributed by atoms with van der Waals surface area (Å²) in [5.41, 5.74) is 0. The van der Waals surface area contributed by atoms with E-state index < -0.39 is 12.0 Å². The summed E-state index contributed by atoms with van der Waals surface area (Å²) in [6, 6.07) is -0.718. The van der Waals surface area contributed by atoms with Crippen LogP contribution in [0.1, 0.15) is 46.5 Å². The second-order valence-electron chi connectivity index (χ2n) is 3.65. The number of aliphatic carboxylic acids is 1. The number of carboxylic acids is 1. The first-order chi connectivity index (χ1) is 7.04. The molecule has 1 amide bonds. The molecule has 0 aliphatic heterocycles. The third-order valence-corrected chi connectivity index (χ3v) is 2.48. The van der Waals surface area contributed by atoms with Gasteiger partial charge in [-0.25, -0.2) is 4.79 Å². The van der Waals surface area contributed by atoms with E-state index in [-0.39, 0.29) is 5.91 Å². The van der Waals surface area contributed by atoms with Crippen molar-refractivity contribution in [1.29, 1.82) is 0 Å². The Labute approximate surface area is 91.3 Å². The van der Waals surface area contributed by atoms with Crippen molar-refractivity contribution < 1.29 is 14.7 Å². The quantitative estimate of drug-likeness (QED) is 0.660. The molecule has 0 saturated carbocycles. The van der Waals surface area contributed by atoms with Crippen LogP contribution in [0.2, 0.25) is 0 Å². The number of rotatable bonds is 7. The minimum Gasteiger partial charge on any atom is -0.480 e. The Morgan fingerprint density at radius 1 is 1.27 bits per heavy atom. The highest BCUT2D eigenvalue weighted by Crippen LogP contribution is 2.06. The molecule has 0 spiro atoms. The van der Waals surface area contributed by atoms with Crippen molar-refractivity contribution in [3.63, 3.8) is 0 Å². The molecule has 1 atom stereocenters. The largest absolute Gasteiger partial charge is 0.480 e. The molecule has 4 heteroatoms. The van der Waals surface area contributed by atoms with Crippen LogP contribution in [0.4, 0.5) is 0 Å². The number of carboxylic acid groups (broad SMARTS) is 1. The van der Waals surface area contributed by atoms with Crippen LogP contribution in [0.15, 0.2) is 0 Å². The van der Waals surface area contributed by atoms with Gasteiger partial charge in [0.2, 0.25) is 5.91 Å². The molecule has 0 rings (SSSR count). The summed E-state index contributed by atoms with van der Waals surface area (Å²) in [6.45, 7) is 5.88. The molecule has 0 saturated heterocycles. The minimum atomic E-state index is -0.944. The summed E-state index contributed by atoms with van der Waals surface area (Å²) in [5, 5.41) is 8.81. The second kappa shape index (κ2) is 7.26. The number of likely N-dealkylation sites (N-methyl/N-ethyl adjacent to an activating group) is 1. The van der Waals surface area contributed by atoms with E-state index in [1.165, 1.54) is 4.90 Å². The number of unbranched alkanes of at least 4 members (excludes halogenated alkanes) is 2. The molecule has 1 unspecified atom stereocenters. The van der Waals surface area contributed by atoms with E-state index in [2.05, 4.69) is 6.92 Å². The lowest BCUT2D eigenvalue weighted by Crippen LogP contribution is -2.42. The highest BCUT2D eigenvalue weighted by molar-refractivity contribution is 5.83. The maximum atomic E-state index is 11.7. The monoisotopic (exact) mass is 215 g/mol. The molecule has 1 N–H and O–H groups in total. The summed E-state index contributed by atoms with van der Waals surface area (Å²) in [4.78, 5) is 23.8. The van der Waals surface area contributed by atoms with Gasteiger partial charge in [0.25, 0.3) is 0 Å². The van der Waals surface area contributed by atoms with Crippen molar-refractivity contribution in [1.82, 2.24) is 4.90 Å². The minimum absolute atomic E-state index is 0.0548. The van der Waals surface area contributed by atoms with Gasteiger partial charge in [-0.3, -0.25) is 4.79 Å². The van der Waals surface area contributed by atoms with Crippen LogP contribution in [0.5, 0.6) is 0 Å². The van der Waals surface area contributed by atoms with Crippen molar-refractivity contribution in [3.05, 3.63) is 0 Å². The maximum Gasteiger partial charge on any atom is 0.326 e. The first-order valence-electron chi connectivity index (χ1n) is 5.56. The average Bonchev–Trinajstić information content (AvgIpc) is 2.19. The zero-order chi connectivity index (χ0) is 11.8. The van der Waals surface area contributed by atoms with E-state index in [4.69, 9.17) is 5.11 Å². The normalized spacial score (nSPS) is 12.2. The fraction of sp³-hybridized carbons (Fsp3) is 0.818. The third kappa shape index (κ3) is 4.81. The Balaban J connectivity index is 4.15. The van der Waals surface area contributed by atoms with Crippen molar-refractivity contribution in [2.75, 3.05) is 6.54 Å². The Morgan fingerprint density at radius 3 is 2.27 bits per heavy atom. The smallest absolute Gasteiger partial charge is 0.326 e. The lowest BCUT2D eigenvalue weighted by Gasteiger charge is -2.24. The lowest BCUT2D eigenvalue weighted by atomic mass is 10.1. The zero-order valence-corrected chi connectivity index (χ0v) is 9.82. The molecule has 0 heterocycles. The Morgan fingerprint density at radius 2 is 1.87 bits per heavy atom. The van der Waals surface area contributed by atoms with E-state index in [0.717, 1.165) is 19.3 Å². The van der Waals surface area contributed by atoms with Gasteiger partial charge in [0, 0.05) is 13.0 Å². The van der Waals surface area contributed by atoms with Gasteiger partial charge < -0.3 is 10.0 Å². The van der Waals surface area contributed by atoms with E-state index in [0.29, 0.717) is 13.0 Å². The standard InChI is InChI=1S/C11H21NO3/c1-4-6-7-8-10(13)12(5-2)9(3)11(14)15/h9H,4-8H2,1-3H3,(H,14,15). The average molecular weight is 215 g/mol. The van der Waals surface area contributed by atoms with E-state index >= 15 is 0 Å². The molecule has 4 nitrogen and oxygen atoms in total. The number of nitrogens with zero attached hydrogens (tertiary/aromatic N) is 1. The van der Waals surface area contributed by atoms with Crippen LogP contribution in [-0.2, 0) is 9.59 Å². The molecular weight excluding hydrogens is 194 g/mol. The Bertz CT molecular complexity index is 216. The fourth-order valence-electron chi connectivity index (χ4n) is 1.47. The number of carbonyl (C=O) groups is 2. The Hall–Kier alpha value is -1.06. The van der Waals surface area contributed by atoms with Gasteiger partial charge in [0.1, 0.15) is 6.04 Å². The van der Waals surface area contributed by atoms with E-state index in [1.807, 2.05) is 0 Å². The summed E-state index contributed by atoms with van der Waals surface area (Å²) in [7, 11) is 0. The fourth-order valence-corrected chi connectivity index (χ4v) is 1.47. The van der Waals surface area contributed by atoms with Gasteiger partial charge in [-0.2, -0.15) is 0 Å². The summed E-state index contributed by atoms with van der Waals surface area (Å²) in [6.07, 6.45) is 3.39. The molecule has 0 fully saturated rings. The van der Waals surface area contributed by atoms with Crippen molar-refractivity contribution in [2.45, 2.75) is 52.5 Å². The lowest BCUT2D eigenvalue weighted by molar-refractivity contribution is -0.149. The topological polar surface area (TPSA) is 57.6 Å². The molecule has 0 aliphatic carbocycles. The number of amides is 1.